The molecular weight excluding hydrogens is 378 g/mol. The molecule has 8 nitrogen and oxygen atoms in total. The normalized spacial score (nSPS) is 13.0. The van der Waals surface area contributed by atoms with Crippen LogP contribution in [0.15, 0.2) is 53.5 Å². The van der Waals surface area contributed by atoms with Gasteiger partial charge in [-0.3, -0.25) is 14.5 Å². The summed E-state index contributed by atoms with van der Waals surface area (Å²) in [6.07, 6.45) is 1.67. The number of aromatic amines is 1. The van der Waals surface area contributed by atoms with Crippen molar-refractivity contribution in [1.29, 1.82) is 0 Å². The van der Waals surface area contributed by atoms with Crippen LogP contribution in [0.25, 0.3) is 16.5 Å². The molecule has 1 aliphatic heterocycles. The Balaban J connectivity index is 1.58. The van der Waals surface area contributed by atoms with Crippen LogP contribution in [0.2, 0.25) is 0 Å². The summed E-state index contributed by atoms with van der Waals surface area (Å²) in [4.78, 5) is 12.8. The first-order chi connectivity index (χ1) is 13.7. The second kappa shape index (κ2) is 6.61. The SMILES string of the molecule is O=c1c2ccccc2cnn1Cc1n[nH]c(=S)n1-c1ccc2c(c1)OCCO2. The fraction of sp³-hybridized carbons (Fsp3) is 0.158. The average molecular weight is 393 g/mol. The third-order valence-electron chi connectivity index (χ3n) is 4.58. The molecule has 140 valence electrons. The van der Waals surface area contributed by atoms with E-state index < -0.39 is 0 Å². The summed E-state index contributed by atoms with van der Waals surface area (Å²) in [6, 6.07) is 12.9. The van der Waals surface area contributed by atoms with E-state index in [1.165, 1.54) is 4.68 Å². The van der Waals surface area contributed by atoms with Crippen LogP contribution in [0.3, 0.4) is 0 Å². The molecule has 0 fully saturated rings. The van der Waals surface area contributed by atoms with Gasteiger partial charge in [0.1, 0.15) is 19.8 Å². The molecule has 2 aromatic carbocycles. The molecule has 9 heteroatoms. The van der Waals surface area contributed by atoms with Gasteiger partial charge in [-0.25, -0.2) is 4.68 Å². The summed E-state index contributed by atoms with van der Waals surface area (Å²) >= 11 is 5.40. The molecule has 0 saturated heterocycles. The van der Waals surface area contributed by atoms with E-state index in [1.54, 1.807) is 16.8 Å². The molecule has 0 aliphatic carbocycles. The number of ether oxygens (including phenoxy) is 2. The van der Waals surface area contributed by atoms with Crippen molar-refractivity contribution in [3.05, 3.63) is 69.6 Å². The zero-order chi connectivity index (χ0) is 19.1. The number of nitrogens with zero attached hydrogens (tertiary/aromatic N) is 4. The van der Waals surface area contributed by atoms with Crippen molar-refractivity contribution in [2.24, 2.45) is 0 Å². The Kier molecular flexibility index (Phi) is 3.94. The Labute approximate surface area is 164 Å². The Bertz CT molecular complexity index is 1310. The van der Waals surface area contributed by atoms with E-state index in [2.05, 4.69) is 15.3 Å². The van der Waals surface area contributed by atoms with Gasteiger partial charge in [-0.2, -0.15) is 10.2 Å². The lowest BCUT2D eigenvalue weighted by molar-refractivity contribution is 0.171. The molecular formula is C19H15N5O3S. The van der Waals surface area contributed by atoms with Crippen molar-refractivity contribution < 1.29 is 9.47 Å². The standard InChI is InChI=1S/C19H15N5O3S/c25-18-14-4-2-1-3-12(14)10-20-23(18)11-17-21-22-19(28)24(17)13-5-6-15-16(9-13)27-8-7-26-15/h1-6,9-10H,7-8,11H2,(H,22,28). The third kappa shape index (κ3) is 2.76. The zero-order valence-corrected chi connectivity index (χ0v) is 15.5. The van der Waals surface area contributed by atoms with Crippen LogP contribution in [-0.2, 0) is 6.54 Å². The predicted molar refractivity (Wildman–Crippen MR) is 105 cm³/mol. The maximum absolute atomic E-state index is 12.8. The number of H-pyrrole nitrogens is 1. The lowest BCUT2D eigenvalue weighted by Gasteiger charge is -2.19. The second-order valence-corrected chi connectivity index (χ2v) is 6.69. The van der Waals surface area contributed by atoms with Gasteiger partial charge in [0.25, 0.3) is 5.56 Å². The van der Waals surface area contributed by atoms with Crippen molar-refractivity contribution in [2.75, 3.05) is 13.2 Å². The van der Waals surface area contributed by atoms with E-state index >= 15 is 0 Å². The minimum absolute atomic E-state index is 0.172. The minimum atomic E-state index is -0.180. The summed E-state index contributed by atoms with van der Waals surface area (Å²) in [7, 11) is 0. The Morgan fingerprint density at radius 2 is 1.93 bits per heavy atom. The van der Waals surface area contributed by atoms with Gasteiger partial charge in [0.15, 0.2) is 22.1 Å². The second-order valence-electron chi connectivity index (χ2n) is 6.30. The molecule has 4 aromatic rings. The zero-order valence-electron chi connectivity index (χ0n) is 14.7. The highest BCUT2D eigenvalue weighted by Crippen LogP contribution is 2.32. The maximum atomic E-state index is 12.8. The van der Waals surface area contributed by atoms with E-state index in [-0.39, 0.29) is 12.1 Å². The van der Waals surface area contributed by atoms with Gasteiger partial charge in [0, 0.05) is 11.5 Å². The molecule has 0 radical (unpaired) electrons. The number of hydrogen-bond donors (Lipinski definition) is 1. The highest BCUT2D eigenvalue weighted by atomic mass is 32.1. The van der Waals surface area contributed by atoms with E-state index in [9.17, 15) is 4.79 Å². The average Bonchev–Trinajstić information content (AvgIpc) is 3.10. The fourth-order valence-electron chi connectivity index (χ4n) is 3.25. The quantitative estimate of drug-likeness (QED) is 0.538. The van der Waals surface area contributed by atoms with Crippen LogP contribution < -0.4 is 15.0 Å². The fourth-order valence-corrected chi connectivity index (χ4v) is 3.50. The Hall–Kier alpha value is -3.46. The topological polar surface area (TPSA) is 87.0 Å². The summed E-state index contributed by atoms with van der Waals surface area (Å²) in [5.74, 6) is 1.91. The van der Waals surface area contributed by atoms with Gasteiger partial charge >= 0.3 is 0 Å². The Morgan fingerprint density at radius 3 is 2.82 bits per heavy atom. The van der Waals surface area contributed by atoms with Gasteiger partial charge < -0.3 is 9.47 Å². The van der Waals surface area contributed by atoms with Crippen LogP contribution in [-0.4, -0.2) is 37.8 Å². The lowest BCUT2D eigenvalue weighted by Crippen LogP contribution is -2.24. The first kappa shape index (κ1) is 16.7. The molecule has 1 aliphatic rings. The first-order valence-electron chi connectivity index (χ1n) is 8.72. The molecule has 5 rings (SSSR count). The Morgan fingerprint density at radius 1 is 1.11 bits per heavy atom. The van der Waals surface area contributed by atoms with E-state index in [4.69, 9.17) is 21.7 Å². The molecule has 0 saturated carbocycles. The molecule has 0 bridgehead atoms. The molecule has 0 unspecified atom stereocenters. The van der Waals surface area contributed by atoms with E-state index in [0.29, 0.717) is 40.7 Å². The lowest BCUT2D eigenvalue weighted by atomic mass is 10.2. The number of rotatable bonds is 3. The van der Waals surface area contributed by atoms with Gasteiger partial charge in [0.2, 0.25) is 0 Å². The number of nitrogens with one attached hydrogen (secondary N) is 1. The van der Waals surface area contributed by atoms with Crippen molar-refractivity contribution in [2.45, 2.75) is 6.54 Å². The molecule has 1 N–H and O–H groups in total. The van der Waals surface area contributed by atoms with Gasteiger partial charge in [-0.15, -0.1) is 0 Å². The van der Waals surface area contributed by atoms with Crippen LogP contribution in [0, 0.1) is 4.77 Å². The molecule has 28 heavy (non-hydrogen) atoms. The van der Waals surface area contributed by atoms with E-state index in [1.807, 2.05) is 36.4 Å². The van der Waals surface area contributed by atoms with E-state index in [0.717, 1.165) is 11.1 Å². The highest BCUT2D eigenvalue weighted by molar-refractivity contribution is 7.71. The van der Waals surface area contributed by atoms with Gasteiger partial charge in [-0.05, 0) is 30.4 Å². The smallest absolute Gasteiger partial charge is 0.275 e. The van der Waals surface area contributed by atoms with Crippen molar-refractivity contribution >= 4 is 23.0 Å². The molecule has 2 aromatic heterocycles. The third-order valence-corrected chi connectivity index (χ3v) is 4.85. The minimum Gasteiger partial charge on any atom is -0.486 e. The van der Waals surface area contributed by atoms with Gasteiger partial charge in [-0.1, -0.05) is 18.2 Å². The number of benzene rings is 2. The molecule has 3 heterocycles. The number of aromatic nitrogens is 5. The number of fused-ring (bicyclic) bond motifs is 2. The maximum Gasteiger partial charge on any atom is 0.275 e. The predicted octanol–water partition coefficient (Wildman–Crippen LogP) is 2.46. The summed E-state index contributed by atoms with van der Waals surface area (Å²) < 4.78 is 14.8. The summed E-state index contributed by atoms with van der Waals surface area (Å²) in [6.45, 7) is 1.20. The van der Waals surface area contributed by atoms with Gasteiger partial charge in [0.05, 0.1) is 17.3 Å². The first-order valence-corrected chi connectivity index (χ1v) is 9.13. The van der Waals surface area contributed by atoms with Crippen LogP contribution >= 0.6 is 12.2 Å². The van der Waals surface area contributed by atoms with Crippen molar-refractivity contribution in [1.82, 2.24) is 24.5 Å². The molecule has 0 spiro atoms. The van der Waals surface area contributed by atoms with Crippen LogP contribution in [0.4, 0.5) is 0 Å². The summed E-state index contributed by atoms with van der Waals surface area (Å²) in [5, 5.41) is 12.8. The summed E-state index contributed by atoms with van der Waals surface area (Å²) in [5.41, 5.74) is 0.590. The van der Waals surface area contributed by atoms with Crippen LogP contribution in [0.5, 0.6) is 11.5 Å². The molecule has 0 atom stereocenters. The van der Waals surface area contributed by atoms with Crippen molar-refractivity contribution in [3.8, 4) is 17.2 Å². The number of hydrogen-bond acceptors (Lipinski definition) is 6. The van der Waals surface area contributed by atoms with Crippen molar-refractivity contribution in [3.63, 3.8) is 0 Å². The van der Waals surface area contributed by atoms with Crippen LogP contribution in [0.1, 0.15) is 5.82 Å². The highest BCUT2D eigenvalue weighted by Gasteiger charge is 2.16. The largest absolute Gasteiger partial charge is 0.486 e. The monoisotopic (exact) mass is 393 g/mol. The molecule has 0 amide bonds.